The van der Waals surface area contributed by atoms with E-state index in [1.54, 1.807) is 6.26 Å². The number of aryl methyl sites for hydroxylation is 1. The quantitative estimate of drug-likeness (QED) is 0.666. The first-order valence-corrected chi connectivity index (χ1v) is 6.91. The van der Waals surface area contributed by atoms with Crippen LogP contribution in [0.2, 0.25) is 0 Å². The molecule has 110 valence electrons. The topological polar surface area (TPSA) is 88.5 Å². The van der Waals surface area contributed by atoms with Crippen molar-refractivity contribution in [2.24, 2.45) is 0 Å². The van der Waals surface area contributed by atoms with E-state index in [0.29, 0.717) is 12.1 Å². The molecule has 6 heteroatoms. The van der Waals surface area contributed by atoms with Crippen LogP contribution >= 0.6 is 0 Å². The average Bonchev–Trinajstić information content (AvgIpc) is 2.95. The molecule has 1 aromatic heterocycles. The number of nitrogens with one attached hydrogen (secondary N) is 1. The zero-order valence-corrected chi connectivity index (χ0v) is 11.4. The number of nitrogens with zero attached hydrogens (tertiary/aromatic N) is 1. The Bertz CT molecular complexity index is 665. The second-order valence-electron chi connectivity index (χ2n) is 5.19. The number of nitro benzene ring substituents is 1. The van der Waals surface area contributed by atoms with Gasteiger partial charge in [-0.05, 0) is 25.0 Å². The number of nitro groups is 1. The smallest absolute Gasteiger partial charge is 0.270 e. The van der Waals surface area contributed by atoms with Crippen LogP contribution in [0.5, 0.6) is 5.75 Å². The SMILES string of the molecule is O=[N+]([O-])c1ccc(O)c(CN[C@@H]2CCCc3occc32)c1. The van der Waals surface area contributed by atoms with E-state index in [-0.39, 0.29) is 17.5 Å². The second-order valence-corrected chi connectivity index (χ2v) is 5.19. The van der Waals surface area contributed by atoms with Gasteiger partial charge in [0.05, 0.1) is 11.2 Å². The summed E-state index contributed by atoms with van der Waals surface area (Å²) >= 11 is 0. The standard InChI is InChI=1S/C15H16N2O4/c18-14-5-4-11(17(19)20)8-10(14)9-16-13-2-1-3-15-12(13)6-7-21-15/h4-8,13,16,18H,1-3,9H2/t13-/m1/s1. The molecule has 1 aliphatic rings. The molecular formula is C15H16N2O4. The van der Waals surface area contributed by atoms with Gasteiger partial charge in [-0.2, -0.15) is 0 Å². The zero-order valence-electron chi connectivity index (χ0n) is 11.4. The summed E-state index contributed by atoms with van der Waals surface area (Å²) in [6.07, 6.45) is 4.67. The van der Waals surface area contributed by atoms with Crippen molar-refractivity contribution in [1.29, 1.82) is 0 Å². The molecule has 0 spiro atoms. The van der Waals surface area contributed by atoms with E-state index in [1.807, 2.05) is 6.07 Å². The molecule has 0 bridgehead atoms. The summed E-state index contributed by atoms with van der Waals surface area (Å²) < 4.78 is 5.43. The minimum absolute atomic E-state index is 0.0164. The molecule has 6 nitrogen and oxygen atoms in total. The van der Waals surface area contributed by atoms with Gasteiger partial charge in [0.1, 0.15) is 11.5 Å². The van der Waals surface area contributed by atoms with E-state index in [0.717, 1.165) is 30.6 Å². The van der Waals surface area contributed by atoms with Gasteiger partial charge in [-0.1, -0.05) is 0 Å². The monoisotopic (exact) mass is 288 g/mol. The third kappa shape index (κ3) is 2.75. The van der Waals surface area contributed by atoms with Crippen LogP contribution in [0, 0.1) is 10.1 Å². The van der Waals surface area contributed by atoms with Crippen molar-refractivity contribution in [1.82, 2.24) is 5.32 Å². The lowest BCUT2D eigenvalue weighted by Gasteiger charge is -2.23. The van der Waals surface area contributed by atoms with Crippen molar-refractivity contribution in [3.63, 3.8) is 0 Å². The first kappa shape index (κ1) is 13.6. The Labute approximate surface area is 121 Å². The van der Waals surface area contributed by atoms with E-state index >= 15 is 0 Å². The van der Waals surface area contributed by atoms with Gasteiger partial charge in [-0.15, -0.1) is 0 Å². The van der Waals surface area contributed by atoms with Crippen LogP contribution in [0.1, 0.15) is 35.8 Å². The lowest BCUT2D eigenvalue weighted by Crippen LogP contribution is -2.24. The Kier molecular flexibility index (Phi) is 3.62. The summed E-state index contributed by atoms with van der Waals surface area (Å²) in [7, 11) is 0. The maximum Gasteiger partial charge on any atom is 0.270 e. The van der Waals surface area contributed by atoms with Gasteiger partial charge in [0.2, 0.25) is 0 Å². The molecule has 0 saturated heterocycles. The van der Waals surface area contributed by atoms with Crippen LogP contribution < -0.4 is 5.32 Å². The van der Waals surface area contributed by atoms with Crippen LogP contribution in [0.15, 0.2) is 34.9 Å². The molecule has 2 N–H and O–H groups in total. The maximum atomic E-state index is 10.8. The van der Waals surface area contributed by atoms with Crippen LogP contribution in [0.25, 0.3) is 0 Å². The average molecular weight is 288 g/mol. The molecule has 1 atom stereocenters. The third-order valence-corrected chi connectivity index (χ3v) is 3.86. The maximum absolute atomic E-state index is 10.8. The Morgan fingerprint density at radius 1 is 1.43 bits per heavy atom. The molecule has 0 unspecified atom stereocenters. The zero-order chi connectivity index (χ0) is 14.8. The fraction of sp³-hybridized carbons (Fsp3) is 0.333. The number of benzene rings is 1. The van der Waals surface area contributed by atoms with E-state index < -0.39 is 4.92 Å². The van der Waals surface area contributed by atoms with E-state index in [1.165, 1.54) is 18.2 Å². The summed E-state index contributed by atoms with van der Waals surface area (Å²) in [6.45, 7) is 0.378. The third-order valence-electron chi connectivity index (χ3n) is 3.86. The number of non-ortho nitro benzene ring substituents is 1. The molecule has 1 heterocycles. The Morgan fingerprint density at radius 3 is 3.10 bits per heavy atom. The van der Waals surface area contributed by atoms with E-state index in [2.05, 4.69) is 5.32 Å². The number of fused-ring (bicyclic) bond motifs is 1. The molecule has 1 aromatic carbocycles. The first-order valence-electron chi connectivity index (χ1n) is 6.91. The number of phenolic OH excluding ortho intramolecular Hbond substituents is 1. The highest BCUT2D eigenvalue weighted by atomic mass is 16.6. The summed E-state index contributed by atoms with van der Waals surface area (Å²) in [5, 5.41) is 24.0. The van der Waals surface area contributed by atoms with Crippen molar-refractivity contribution >= 4 is 5.69 Å². The van der Waals surface area contributed by atoms with Gasteiger partial charge in [-0.3, -0.25) is 10.1 Å². The van der Waals surface area contributed by atoms with Gasteiger partial charge < -0.3 is 14.8 Å². The summed E-state index contributed by atoms with van der Waals surface area (Å²) in [5.41, 5.74) is 1.66. The molecule has 2 aromatic rings. The van der Waals surface area contributed by atoms with Gasteiger partial charge in [0, 0.05) is 42.3 Å². The number of aromatic hydroxyl groups is 1. The predicted octanol–water partition coefficient (Wildman–Crippen LogP) is 3.06. The highest BCUT2D eigenvalue weighted by Crippen LogP contribution is 2.31. The first-order chi connectivity index (χ1) is 10.1. The molecule has 3 rings (SSSR count). The summed E-state index contributed by atoms with van der Waals surface area (Å²) in [6, 6.07) is 6.18. The fourth-order valence-corrected chi connectivity index (χ4v) is 2.76. The van der Waals surface area contributed by atoms with E-state index in [4.69, 9.17) is 4.42 Å². The van der Waals surface area contributed by atoms with Gasteiger partial charge in [0.25, 0.3) is 5.69 Å². The van der Waals surface area contributed by atoms with Gasteiger partial charge in [-0.25, -0.2) is 0 Å². The van der Waals surface area contributed by atoms with Crippen LogP contribution in [0.4, 0.5) is 5.69 Å². The van der Waals surface area contributed by atoms with E-state index in [9.17, 15) is 15.2 Å². The van der Waals surface area contributed by atoms with Crippen LogP contribution in [-0.4, -0.2) is 10.0 Å². The van der Waals surface area contributed by atoms with Crippen molar-refractivity contribution in [3.05, 3.63) is 57.5 Å². The molecule has 0 amide bonds. The lowest BCUT2D eigenvalue weighted by molar-refractivity contribution is -0.384. The number of furan rings is 1. The number of hydrogen-bond donors (Lipinski definition) is 2. The minimum atomic E-state index is -0.461. The second kappa shape index (κ2) is 5.57. The Hall–Kier alpha value is -2.34. The molecule has 0 aliphatic heterocycles. The number of rotatable bonds is 4. The van der Waals surface area contributed by atoms with Crippen molar-refractivity contribution in [2.45, 2.75) is 31.8 Å². The van der Waals surface area contributed by atoms with Gasteiger partial charge in [0.15, 0.2) is 0 Å². The molecule has 21 heavy (non-hydrogen) atoms. The van der Waals surface area contributed by atoms with Crippen LogP contribution in [0.3, 0.4) is 0 Å². The largest absolute Gasteiger partial charge is 0.508 e. The van der Waals surface area contributed by atoms with Crippen molar-refractivity contribution in [3.8, 4) is 5.75 Å². The molecular weight excluding hydrogens is 272 g/mol. The highest BCUT2D eigenvalue weighted by Gasteiger charge is 2.22. The minimum Gasteiger partial charge on any atom is -0.508 e. The van der Waals surface area contributed by atoms with Crippen molar-refractivity contribution in [2.75, 3.05) is 0 Å². The normalized spacial score (nSPS) is 17.4. The number of hydrogen-bond acceptors (Lipinski definition) is 5. The van der Waals surface area contributed by atoms with Gasteiger partial charge >= 0.3 is 0 Å². The van der Waals surface area contributed by atoms with Crippen LogP contribution in [-0.2, 0) is 13.0 Å². The fourth-order valence-electron chi connectivity index (χ4n) is 2.76. The molecule has 0 fully saturated rings. The molecule has 0 saturated carbocycles. The summed E-state index contributed by atoms with van der Waals surface area (Å²) in [4.78, 5) is 10.3. The Morgan fingerprint density at radius 2 is 2.29 bits per heavy atom. The lowest BCUT2D eigenvalue weighted by atomic mass is 9.93. The molecule has 0 radical (unpaired) electrons. The molecule has 1 aliphatic carbocycles. The predicted molar refractivity (Wildman–Crippen MR) is 76.0 cm³/mol. The summed E-state index contributed by atoms with van der Waals surface area (Å²) in [5.74, 6) is 1.07. The number of phenols is 1. The highest BCUT2D eigenvalue weighted by molar-refractivity contribution is 5.43. The Balaban J connectivity index is 1.74. The van der Waals surface area contributed by atoms with Crippen molar-refractivity contribution < 1.29 is 14.4 Å².